The largest absolute Gasteiger partial charge is 0.383 e. The Bertz CT molecular complexity index is 1180. The fourth-order valence-corrected chi connectivity index (χ4v) is 4.03. The van der Waals surface area contributed by atoms with Gasteiger partial charge < -0.3 is 16.0 Å². The van der Waals surface area contributed by atoms with E-state index in [1.165, 1.54) is 23.5 Å². The summed E-state index contributed by atoms with van der Waals surface area (Å²) in [6, 6.07) is 5.24. The Hall–Kier alpha value is -3.19. The molecule has 1 aromatic carbocycles. The second kappa shape index (κ2) is 6.27. The SMILES string of the molecule is CNC(=O)/C=C/c1cnc(N)c2c(-c3cc(F)c4[nH]ccc4c3)csc12. The Labute approximate surface area is 152 Å². The number of carbonyl (C=O) groups is 1. The maximum Gasteiger partial charge on any atom is 0.243 e. The molecule has 130 valence electrons. The third kappa shape index (κ3) is 2.62. The molecule has 0 aliphatic heterocycles. The van der Waals surface area contributed by atoms with Crippen LogP contribution >= 0.6 is 11.3 Å². The zero-order valence-electron chi connectivity index (χ0n) is 13.8. The number of carbonyl (C=O) groups excluding carboxylic acids is 1. The van der Waals surface area contributed by atoms with Gasteiger partial charge in [0, 0.05) is 52.1 Å². The number of fused-ring (bicyclic) bond motifs is 2. The van der Waals surface area contributed by atoms with Crippen LogP contribution in [0.5, 0.6) is 0 Å². The zero-order valence-corrected chi connectivity index (χ0v) is 14.7. The molecule has 4 rings (SSSR count). The van der Waals surface area contributed by atoms with Gasteiger partial charge in [-0.1, -0.05) is 0 Å². The van der Waals surface area contributed by atoms with Gasteiger partial charge in [-0.25, -0.2) is 9.37 Å². The molecule has 3 aromatic heterocycles. The van der Waals surface area contributed by atoms with Gasteiger partial charge in [0.2, 0.25) is 5.91 Å². The summed E-state index contributed by atoms with van der Waals surface area (Å²) >= 11 is 1.49. The van der Waals surface area contributed by atoms with Crippen LogP contribution in [-0.2, 0) is 4.79 Å². The first-order valence-corrected chi connectivity index (χ1v) is 8.79. The number of hydrogen-bond donors (Lipinski definition) is 3. The molecule has 0 unspecified atom stereocenters. The van der Waals surface area contributed by atoms with Crippen molar-refractivity contribution in [1.82, 2.24) is 15.3 Å². The minimum absolute atomic E-state index is 0.202. The van der Waals surface area contributed by atoms with Crippen LogP contribution in [0.4, 0.5) is 10.2 Å². The van der Waals surface area contributed by atoms with Crippen LogP contribution in [0.25, 0.3) is 38.2 Å². The molecule has 5 nitrogen and oxygen atoms in total. The number of benzene rings is 1. The van der Waals surface area contributed by atoms with Crippen molar-refractivity contribution in [2.24, 2.45) is 0 Å². The van der Waals surface area contributed by atoms with Gasteiger partial charge in [0.1, 0.15) is 11.6 Å². The summed E-state index contributed by atoms with van der Waals surface area (Å²) in [6.45, 7) is 0. The number of pyridine rings is 1. The molecule has 0 saturated carbocycles. The monoisotopic (exact) mass is 366 g/mol. The van der Waals surface area contributed by atoms with E-state index >= 15 is 0 Å². The highest BCUT2D eigenvalue weighted by Gasteiger charge is 2.15. The number of anilines is 1. The van der Waals surface area contributed by atoms with Crippen molar-refractivity contribution in [3.8, 4) is 11.1 Å². The van der Waals surface area contributed by atoms with E-state index < -0.39 is 0 Å². The first-order valence-electron chi connectivity index (χ1n) is 7.91. The standard InChI is InChI=1S/C19H15FN4OS/c1-22-15(25)3-2-11-8-24-19(21)16-13(9-26-18(11)16)12-6-10-4-5-23-17(10)14(20)7-12/h2-9,23H,1H3,(H2,21,24)(H,22,25)/b3-2+. The third-order valence-corrected chi connectivity index (χ3v) is 5.26. The number of likely N-dealkylation sites (N-methyl/N-ethyl adjacent to an activating group) is 1. The molecule has 0 spiro atoms. The Morgan fingerprint density at radius 1 is 1.42 bits per heavy atom. The molecule has 0 aliphatic rings. The number of amides is 1. The molecule has 0 radical (unpaired) electrons. The van der Waals surface area contributed by atoms with Crippen molar-refractivity contribution < 1.29 is 9.18 Å². The van der Waals surface area contributed by atoms with Crippen molar-refractivity contribution in [2.45, 2.75) is 0 Å². The molecule has 26 heavy (non-hydrogen) atoms. The van der Waals surface area contributed by atoms with Gasteiger partial charge >= 0.3 is 0 Å². The van der Waals surface area contributed by atoms with Crippen molar-refractivity contribution >= 4 is 50.1 Å². The van der Waals surface area contributed by atoms with Gasteiger partial charge in [-0.2, -0.15) is 0 Å². The van der Waals surface area contributed by atoms with E-state index in [0.29, 0.717) is 11.3 Å². The molecule has 3 heterocycles. The van der Waals surface area contributed by atoms with E-state index in [0.717, 1.165) is 32.2 Å². The highest BCUT2D eigenvalue weighted by molar-refractivity contribution is 7.18. The highest BCUT2D eigenvalue weighted by atomic mass is 32.1. The second-order valence-electron chi connectivity index (χ2n) is 5.80. The number of thiophene rings is 1. The summed E-state index contributed by atoms with van der Waals surface area (Å²) in [6.07, 6.45) is 6.48. The van der Waals surface area contributed by atoms with E-state index in [-0.39, 0.29) is 11.7 Å². The predicted molar refractivity (Wildman–Crippen MR) is 104 cm³/mol. The third-order valence-electron chi connectivity index (χ3n) is 4.24. The molecule has 0 aliphatic carbocycles. The summed E-state index contributed by atoms with van der Waals surface area (Å²) in [5, 5.41) is 6.03. The number of hydrogen-bond acceptors (Lipinski definition) is 4. The van der Waals surface area contributed by atoms with Crippen LogP contribution < -0.4 is 11.1 Å². The summed E-state index contributed by atoms with van der Waals surface area (Å²) < 4.78 is 15.3. The first kappa shape index (κ1) is 16.3. The topological polar surface area (TPSA) is 83.8 Å². The van der Waals surface area contributed by atoms with Gasteiger partial charge in [-0.15, -0.1) is 11.3 Å². The summed E-state index contributed by atoms with van der Waals surface area (Å²) in [4.78, 5) is 18.6. The minimum Gasteiger partial charge on any atom is -0.383 e. The Kier molecular flexibility index (Phi) is 3.93. The number of H-pyrrole nitrogens is 1. The molecule has 4 aromatic rings. The Balaban J connectivity index is 1.91. The van der Waals surface area contributed by atoms with E-state index in [4.69, 9.17) is 5.73 Å². The molecule has 0 saturated heterocycles. The van der Waals surface area contributed by atoms with Crippen LogP contribution in [-0.4, -0.2) is 22.9 Å². The van der Waals surface area contributed by atoms with Crippen LogP contribution in [0.1, 0.15) is 5.56 Å². The van der Waals surface area contributed by atoms with E-state index in [1.54, 1.807) is 25.5 Å². The normalized spacial score (nSPS) is 11.6. The number of nitrogen functional groups attached to an aromatic ring is 1. The van der Waals surface area contributed by atoms with Crippen LogP contribution in [0.2, 0.25) is 0 Å². The molecule has 0 atom stereocenters. The molecular weight excluding hydrogens is 351 g/mol. The van der Waals surface area contributed by atoms with Crippen molar-refractivity contribution in [3.63, 3.8) is 0 Å². The lowest BCUT2D eigenvalue weighted by Crippen LogP contribution is -2.13. The quantitative estimate of drug-likeness (QED) is 0.481. The molecule has 0 fully saturated rings. The molecule has 7 heteroatoms. The van der Waals surface area contributed by atoms with E-state index in [2.05, 4.69) is 15.3 Å². The number of nitrogens with zero attached hydrogens (tertiary/aromatic N) is 1. The predicted octanol–water partition coefficient (Wildman–Crippen LogP) is 3.93. The van der Waals surface area contributed by atoms with Crippen LogP contribution in [0, 0.1) is 5.82 Å². The van der Waals surface area contributed by atoms with Crippen molar-refractivity contribution in [2.75, 3.05) is 12.8 Å². The fraction of sp³-hybridized carbons (Fsp3) is 0.0526. The van der Waals surface area contributed by atoms with Gasteiger partial charge in [0.15, 0.2) is 0 Å². The molecule has 1 amide bonds. The summed E-state index contributed by atoms with van der Waals surface area (Å²) in [5.41, 5.74) is 8.95. The maximum absolute atomic E-state index is 14.4. The Morgan fingerprint density at radius 3 is 3.08 bits per heavy atom. The number of nitrogens with one attached hydrogen (secondary N) is 2. The number of aromatic nitrogens is 2. The molecular formula is C19H15FN4OS. The average Bonchev–Trinajstić information content (AvgIpc) is 3.28. The minimum atomic E-state index is -0.316. The average molecular weight is 366 g/mol. The van der Waals surface area contributed by atoms with Crippen molar-refractivity contribution in [1.29, 1.82) is 0 Å². The zero-order chi connectivity index (χ0) is 18.3. The lowest BCUT2D eigenvalue weighted by atomic mass is 10.0. The van der Waals surface area contributed by atoms with Gasteiger partial charge in [0.05, 0.1) is 5.52 Å². The van der Waals surface area contributed by atoms with E-state index in [1.807, 2.05) is 17.5 Å². The fourth-order valence-electron chi connectivity index (χ4n) is 2.95. The number of rotatable bonds is 3. The van der Waals surface area contributed by atoms with Gasteiger partial charge in [-0.05, 0) is 35.2 Å². The molecule has 4 N–H and O–H groups in total. The Morgan fingerprint density at radius 2 is 2.27 bits per heavy atom. The second-order valence-corrected chi connectivity index (χ2v) is 6.68. The lowest BCUT2D eigenvalue weighted by Gasteiger charge is -2.05. The number of aromatic amines is 1. The lowest BCUT2D eigenvalue weighted by molar-refractivity contribution is -0.115. The number of halogens is 1. The maximum atomic E-state index is 14.4. The van der Waals surface area contributed by atoms with E-state index in [9.17, 15) is 9.18 Å². The molecule has 0 bridgehead atoms. The van der Waals surface area contributed by atoms with Gasteiger partial charge in [0.25, 0.3) is 0 Å². The first-order chi connectivity index (χ1) is 12.6. The van der Waals surface area contributed by atoms with Crippen LogP contribution in [0.3, 0.4) is 0 Å². The highest BCUT2D eigenvalue weighted by Crippen LogP contribution is 2.40. The number of nitrogens with two attached hydrogens (primary N) is 1. The summed E-state index contributed by atoms with van der Waals surface area (Å²) in [5.74, 6) is -0.140. The van der Waals surface area contributed by atoms with Crippen molar-refractivity contribution in [3.05, 3.63) is 53.4 Å². The summed E-state index contributed by atoms with van der Waals surface area (Å²) in [7, 11) is 1.57. The van der Waals surface area contributed by atoms with Gasteiger partial charge in [-0.3, -0.25) is 4.79 Å². The van der Waals surface area contributed by atoms with Crippen LogP contribution in [0.15, 0.2) is 42.0 Å². The smallest absolute Gasteiger partial charge is 0.243 e.